The summed E-state index contributed by atoms with van der Waals surface area (Å²) >= 11 is 0. The van der Waals surface area contributed by atoms with Gasteiger partial charge in [0.1, 0.15) is 12.1 Å². The number of hydrogen-bond acceptors (Lipinski definition) is 7. The molecule has 11 heteroatoms. The number of nitrogens with zero attached hydrogens (tertiary/aromatic N) is 6. The maximum absolute atomic E-state index is 13.1. The summed E-state index contributed by atoms with van der Waals surface area (Å²) < 4.78 is 0. The van der Waals surface area contributed by atoms with Gasteiger partial charge in [0.2, 0.25) is 11.8 Å². The molecule has 0 spiro atoms. The molecule has 1 aromatic carbocycles. The highest BCUT2D eigenvalue weighted by Crippen LogP contribution is 2.25. The molecule has 1 fully saturated rings. The Bertz CT molecular complexity index is 1070. The Labute approximate surface area is 197 Å². The first-order valence-electron chi connectivity index (χ1n) is 11.1. The molecule has 4 atom stereocenters. The Morgan fingerprint density at radius 2 is 1.94 bits per heavy atom. The van der Waals surface area contributed by atoms with Crippen molar-refractivity contribution in [1.29, 1.82) is 0 Å². The zero-order valence-corrected chi connectivity index (χ0v) is 19.4. The number of carbonyl (C=O) groups is 2. The van der Waals surface area contributed by atoms with E-state index in [0.717, 1.165) is 17.0 Å². The van der Waals surface area contributed by atoms with Crippen molar-refractivity contribution in [3.63, 3.8) is 0 Å². The molecule has 0 unspecified atom stereocenters. The Morgan fingerprint density at radius 3 is 2.53 bits per heavy atom. The van der Waals surface area contributed by atoms with Crippen LogP contribution in [0.3, 0.4) is 0 Å². The average molecular weight is 468 g/mol. The standard InChI is InChI=1S/C23H29N7O4/c1-13(2)20(28-29-24)23(34)30-11-17(32)10-19(30)22(33)27-18(12-31)15-4-6-16(7-5-15)21-14(3)25-8-9-26-21/h4-9,13,17-20,31-32H,10-12H2,1-3H3,(H,27,33)/t17-,18+,19+,20+/m1/s1. The van der Waals surface area contributed by atoms with Crippen LogP contribution in [0.5, 0.6) is 0 Å². The van der Waals surface area contributed by atoms with Gasteiger partial charge in [-0.3, -0.25) is 19.6 Å². The second kappa shape index (κ2) is 11.1. The zero-order chi connectivity index (χ0) is 24.8. The number of aliphatic hydroxyl groups excluding tert-OH is 2. The molecule has 2 heterocycles. The predicted molar refractivity (Wildman–Crippen MR) is 124 cm³/mol. The van der Waals surface area contributed by atoms with Gasteiger partial charge in [-0.25, -0.2) is 0 Å². The highest BCUT2D eigenvalue weighted by molar-refractivity contribution is 5.91. The molecule has 180 valence electrons. The molecule has 11 nitrogen and oxygen atoms in total. The number of carbonyl (C=O) groups excluding carboxylic acids is 2. The molecule has 3 N–H and O–H groups in total. The van der Waals surface area contributed by atoms with Crippen LogP contribution in [0.1, 0.15) is 37.6 Å². The summed E-state index contributed by atoms with van der Waals surface area (Å²) in [5.74, 6) is -1.28. The largest absolute Gasteiger partial charge is 0.394 e. The van der Waals surface area contributed by atoms with E-state index in [1.807, 2.05) is 19.1 Å². The van der Waals surface area contributed by atoms with Crippen LogP contribution < -0.4 is 5.32 Å². The molecule has 0 bridgehead atoms. The number of aliphatic hydroxyl groups is 2. The van der Waals surface area contributed by atoms with Crippen LogP contribution in [0.2, 0.25) is 0 Å². The van der Waals surface area contributed by atoms with E-state index in [1.165, 1.54) is 4.90 Å². The van der Waals surface area contributed by atoms with Gasteiger partial charge in [0.05, 0.1) is 30.1 Å². The van der Waals surface area contributed by atoms with Gasteiger partial charge in [-0.15, -0.1) is 0 Å². The highest BCUT2D eigenvalue weighted by Gasteiger charge is 2.42. The van der Waals surface area contributed by atoms with Gasteiger partial charge in [0.25, 0.3) is 0 Å². The molecule has 1 aliphatic heterocycles. The minimum atomic E-state index is -0.976. The van der Waals surface area contributed by atoms with Crippen molar-refractivity contribution in [2.45, 2.75) is 51.4 Å². The Hall–Kier alpha value is -3.53. The number of aromatic nitrogens is 2. The summed E-state index contributed by atoms with van der Waals surface area (Å²) in [5, 5.41) is 26.4. The fraction of sp³-hybridized carbons (Fsp3) is 0.478. The molecule has 0 saturated carbocycles. The minimum absolute atomic E-state index is 0.0307. The fourth-order valence-electron chi connectivity index (χ4n) is 4.07. The van der Waals surface area contributed by atoms with Crippen molar-refractivity contribution in [3.8, 4) is 11.3 Å². The quantitative estimate of drug-likeness (QED) is 0.305. The lowest BCUT2D eigenvalue weighted by atomic mass is 10.0. The summed E-state index contributed by atoms with van der Waals surface area (Å²) in [6.45, 7) is 4.96. The lowest BCUT2D eigenvalue weighted by Gasteiger charge is -2.29. The molecule has 3 rings (SSSR count). The first-order valence-corrected chi connectivity index (χ1v) is 11.1. The summed E-state index contributed by atoms with van der Waals surface area (Å²) in [4.78, 5) is 38.6. The first kappa shape index (κ1) is 25.1. The van der Waals surface area contributed by atoms with Crippen molar-refractivity contribution in [1.82, 2.24) is 20.2 Å². The highest BCUT2D eigenvalue weighted by atomic mass is 16.3. The molecule has 1 saturated heterocycles. The van der Waals surface area contributed by atoms with Crippen molar-refractivity contribution >= 4 is 11.8 Å². The summed E-state index contributed by atoms with van der Waals surface area (Å²) in [5.41, 5.74) is 11.9. The van der Waals surface area contributed by atoms with Gasteiger partial charge in [-0.1, -0.05) is 43.2 Å². The van der Waals surface area contributed by atoms with E-state index >= 15 is 0 Å². The van der Waals surface area contributed by atoms with E-state index in [0.29, 0.717) is 5.56 Å². The zero-order valence-electron chi connectivity index (χ0n) is 19.4. The maximum Gasteiger partial charge on any atom is 0.243 e. The summed E-state index contributed by atoms with van der Waals surface area (Å²) in [6.07, 6.45) is 2.42. The third-order valence-corrected chi connectivity index (χ3v) is 5.89. The molecule has 34 heavy (non-hydrogen) atoms. The molecule has 0 aliphatic carbocycles. The van der Waals surface area contributed by atoms with Crippen LogP contribution in [0.15, 0.2) is 41.8 Å². The topological polar surface area (TPSA) is 164 Å². The van der Waals surface area contributed by atoms with Crippen LogP contribution in [0, 0.1) is 12.8 Å². The number of nitrogens with one attached hydrogen (secondary N) is 1. The monoisotopic (exact) mass is 467 g/mol. The fourth-order valence-corrected chi connectivity index (χ4v) is 4.07. The Balaban J connectivity index is 1.76. The lowest BCUT2D eigenvalue weighted by Crippen LogP contribution is -2.50. The Morgan fingerprint density at radius 1 is 1.26 bits per heavy atom. The molecule has 1 aliphatic rings. The minimum Gasteiger partial charge on any atom is -0.394 e. The van der Waals surface area contributed by atoms with E-state index in [4.69, 9.17) is 5.53 Å². The molecular weight excluding hydrogens is 438 g/mol. The SMILES string of the molecule is Cc1nccnc1-c1ccc([C@H](CO)NC(=O)[C@@H]2C[C@@H](O)CN2C(=O)[C@@H](N=[N+]=[N-])C(C)C)cc1. The van der Waals surface area contributed by atoms with Gasteiger partial charge in [0.15, 0.2) is 0 Å². The number of β-amino-alcohol motifs (C(OH)–C–C–N with tert-alkyl or cyclic N) is 1. The molecule has 1 aromatic heterocycles. The van der Waals surface area contributed by atoms with Gasteiger partial charge >= 0.3 is 0 Å². The Kier molecular flexibility index (Phi) is 8.17. The number of benzene rings is 1. The third-order valence-electron chi connectivity index (χ3n) is 5.89. The van der Waals surface area contributed by atoms with Crippen molar-refractivity contribution in [2.75, 3.05) is 13.2 Å². The molecular formula is C23H29N7O4. The number of rotatable bonds is 8. The first-order chi connectivity index (χ1) is 16.3. The normalized spacial score (nSPS) is 19.4. The smallest absolute Gasteiger partial charge is 0.243 e. The maximum atomic E-state index is 13.1. The van der Waals surface area contributed by atoms with Gasteiger partial charge in [-0.2, -0.15) is 0 Å². The number of amides is 2. The molecule has 2 aromatic rings. The number of hydrogen-bond donors (Lipinski definition) is 3. The van der Waals surface area contributed by atoms with E-state index < -0.39 is 36.0 Å². The number of azide groups is 1. The molecule has 0 radical (unpaired) electrons. The second-order valence-electron chi connectivity index (χ2n) is 8.65. The van der Waals surface area contributed by atoms with Crippen molar-refractivity contribution in [3.05, 3.63) is 58.4 Å². The average Bonchev–Trinajstić information content (AvgIpc) is 3.22. The van der Waals surface area contributed by atoms with E-state index in [9.17, 15) is 19.8 Å². The van der Waals surface area contributed by atoms with Gasteiger partial charge in [0, 0.05) is 35.8 Å². The second-order valence-corrected chi connectivity index (χ2v) is 8.65. The van der Waals surface area contributed by atoms with Gasteiger partial charge in [-0.05, 0) is 23.9 Å². The number of likely N-dealkylation sites (tertiary alicyclic amines) is 1. The van der Waals surface area contributed by atoms with E-state index in [1.54, 1.807) is 38.4 Å². The lowest BCUT2D eigenvalue weighted by molar-refractivity contribution is -0.140. The van der Waals surface area contributed by atoms with Crippen molar-refractivity contribution < 1.29 is 19.8 Å². The van der Waals surface area contributed by atoms with Crippen LogP contribution in [-0.4, -0.2) is 68.2 Å². The van der Waals surface area contributed by atoms with Crippen LogP contribution >= 0.6 is 0 Å². The van der Waals surface area contributed by atoms with E-state index in [-0.39, 0.29) is 25.5 Å². The number of aryl methyl sites for hydroxylation is 1. The third kappa shape index (κ3) is 5.51. The molecule has 2 amide bonds. The van der Waals surface area contributed by atoms with Crippen LogP contribution in [0.25, 0.3) is 21.7 Å². The van der Waals surface area contributed by atoms with Crippen LogP contribution in [0.4, 0.5) is 0 Å². The summed E-state index contributed by atoms with van der Waals surface area (Å²) in [7, 11) is 0. The predicted octanol–water partition coefficient (Wildman–Crippen LogP) is 1.90. The van der Waals surface area contributed by atoms with Crippen LogP contribution in [-0.2, 0) is 9.59 Å². The van der Waals surface area contributed by atoms with E-state index in [2.05, 4.69) is 25.3 Å². The van der Waals surface area contributed by atoms with Gasteiger partial charge < -0.3 is 20.4 Å². The van der Waals surface area contributed by atoms with Crippen molar-refractivity contribution in [2.24, 2.45) is 11.0 Å². The summed E-state index contributed by atoms with van der Waals surface area (Å²) in [6, 6.07) is 4.62.